The fraction of sp³-hybridized carbons (Fsp3) is 1.00. The van der Waals surface area contributed by atoms with Crippen molar-refractivity contribution in [2.24, 2.45) is 0 Å². The van der Waals surface area contributed by atoms with Crippen molar-refractivity contribution in [2.75, 3.05) is 0 Å². The van der Waals surface area contributed by atoms with E-state index < -0.39 is 0 Å². The first-order valence-electron chi connectivity index (χ1n) is 3.41. The minimum absolute atomic E-state index is 0. The summed E-state index contributed by atoms with van der Waals surface area (Å²) in [6, 6.07) is 0. The second-order valence-corrected chi connectivity index (χ2v) is 2.06. The molecule has 0 aliphatic heterocycles. The summed E-state index contributed by atoms with van der Waals surface area (Å²) in [4.78, 5) is 0. The summed E-state index contributed by atoms with van der Waals surface area (Å²) in [5.74, 6) is 0. The number of hydrogen-bond acceptors (Lipinski definition) is 0. The quantitative estimate of drug-likeness (QED) is 0.424. The maximum atomic E-state index is 2.25. The van der Waals surface area contributed by atoms with Gasteiger partial charge in [-0.1, -0.05) is 46.0 Å². The minimum atomic E-state index is 0. The molecule has 0 aromatic carbocycles. The molecule has 0 spiro atoms. The van der Waals surface area contributed by atoms with Crippen LogP contribution in [0.25, 0.3) is 0 Å². The van der Waals surface area contributed by atoms with Gasteiger partial charge in [0.2, 0.25) is 0 Å². The third-order valence-corrected chi connectivity index (χ3v) is 1.21. The van der Waals surface area contributed by atoms with Crippen LogP contribution in [0.4, 0.5) is 0 Å². The maximum Gasteiger partial charge on any atom is 2.00 e. The zero-order valence-electron chi connectivity index (χ0n) is 6.04. The Kier molecular flexibility index (Phi) is 15.3. The van der Waals surface area contributed by atoms with Crippen molar-refractivity contribution in [2.45, 2.75) is 46.0 Å². The summed E-state index contributed by atoms with van der Waals surface area (Å²) in [5.41, 5.74) is 0. The van der Waals surface area contributed by atoms with E-state index >= 15 is 0 Å². The topological polar surface area (TPSA) is 0 Å². The van der Waals surface area contributed by atoms with Crippen molar-refractivity contribution in [3.63, 3.8) is 0 Å². The Bertz CT molecular complexity index is 23.6. The zero-order valence-corrected chi connectivity index (χ0v) is 7.60. The Morgan fingerprint density at radius 1 is 0.750 bits per heavy atom. The summed E-state index contributed by atoms with van der Waals surface area (Å²) >= 11 is 0. The molecule has 0 heterocycles. The minimum Gasteiger partial charge on any atom is -0.0654 e. The van der Waals surface area contributed by atoms with Gasteiger partial charge in [0, 0.05) is 0 Å². The van der Waals surface area contributed by atoms with Gasteiger partial charge in [-0.15, -0.1) is 0 Å². The van der Waals surface area contributed by atoms with Crippen LogP contribution < -0.4 is 0 Å². The molecule has 0 radical (unpaired) electrons. The molecule has 0 aromatic rings. The first-order valence-corrected chi connectivity index (χ1v) is 3.41. The van der Waals surface area contributed by atoms with E-state index in [1.165, 1.54) is 32.1 Å². The van der Waals surface area contributed by atoms with Crippen LogP contribution in [0.15, 0.2) is 0 Å². The van der Waals surface area contributed by atoms with Crippen LogP contribution in [0, 0.1) is 0 Å². The molecule has 0 fully saturated rings. The van der Waals surface area contributed by atoms with Crippen molar-refractivity contribution in [1.29, 1.82) is 0 Å². The van der Waals surface area contributed by atoms with Crippen LogP contribution in [0.3, 0.4) is 0 Å². The molecular formula is C7H16Ti+2. The molecule has 0 amide bonds. The Labute approximate surface area is 67.9 Å². The molecule has 0 unspecified atom stereocenters. The normalized spacial score (nSPS) is 8.25. The Balaban J connectivity index is 0. The van der Waals surface area contributed by atoms with E-state index in [1.807, 2.05) is 0 Å². The van der Waals surface area contributed by atoms with Gasteiger partial charge in [-0.3, -0.25) is 0 Å². The molecular weight excluding hydrogens is 132 g/mol. The van der Waals surface area contributed by atoms with Gasteiger partial charge in [0.05, 0.1) is 0 Å². The van der Waals surface area contributed by atoms with Gasteiger partial charge >= 0.3 is 21.7 Å². The third-order valence-electron chi connectivity index (χ3n) is 1.21. The maximum absolute atomic E-state index is 2.25. The molecule has 0 aromatic heterocycles. The van der Waals surface area contributed by atoms with Crippen molar-refractivity contribution < 1.29 is 21.7 Å². The van der Waals surface area contributed by atoms with Crippen LogP contribution in [0.1, 0.15) is 46.0 Å². The van der Waals surface area contributed by atoms with E-state index in [4.69, 9.17) is 0 Å². The molecule has 0 N–H and O–H groups in total. The van der Waals surface area contributed by atoms with Gasteiger partial charge in [0.15, 0.2) is 0 Å². The predicted molar refractivity (Wildman–Crippen MR) is 34.4 cm³/mol. The Morgan fingerprint density at radius 3 is 1.38 bits per heavy atom. The van der Waals surface area contributed by atoms with E-state index in [-0.39, 0.29) is 21.7 Å². The second-order valence-electron chi connectivity index (χ2n) is 2.06. The summed E-state index contributed by atoms with van der Waals surface area (Å²) in [6.07, 6.45) is 7.01. The fourth-order valence-electron chi connectivity index (χ4n) is 0.677. The van der Waals surface area contributed by atoms with Gasteiger partial charge in [-0.2, -0.15) is 0 Å². The standard InChI is InChI=1S/C7H16.Ti/c1-3-5-7-6-4-2;/h3-7H2,1-2H3;/q;+2. The molecule has 0 bridgehead atoms. The summed E-state index contributed by atoms with van der Waals surface area (Å²) < 4.78 is 0. The zero-order chi connectivity index (χ0) is 5.54. The summed E-state index contributed by atoms with van der Waals surface area (Å²) in [6.45, 7) is 4.49. The average Bonchev–Trinajstić information content (AvgIpc) is 1.69. The average molecular weight is 148 g/mol. The molecule has 46 valence electrons. The van der Waals surface area contributed by atoms with Crippen LogP contribution in [0.2, 0.25) is 0 Å². The molecule has 0 atom stereocenters. The third kappa shape index (κ3) is 9.86. The molecule has 0 aliphatic rings. The van der Waals surface area contributed by atoms with Gasteiger partial charge in [-0.05, 0) is 0 Å². The van der Waals surface area contributed by atoms with Crippen molar-refractivity contribution in [3.05, 3.63) is 0 Å². The summed E-state index contributed by atoms with van der Waals surface area (Å²) in [7, 11) is 0. The van der Waals surface area contributed by atoms with Crippen molar-refractivity contribution in [1.82, 2.24) is 0 Å². The van der Waals surface area contributed by atoms with E-state index in [1.54, 1.807) is 0 Å². The molecule has 0 saturated carbocycles. The molecule has 0 aliphatic carbocycles. The molecule has 8 heavy (non-hydrogen) atoms. The predicted octanol–water partition coefficient (Wildman–Crippen LogP) is 2.97. The van der Waals surface area contributed by atoms with Gasteiger partial charge < -0.3 is 0 Å². The van der Waals surface area contributed by atoms with Crippen LogP contribution in [-0.4, -0.2) is 0 Å². The van der Waals surface area contributed by atoms with Crippen LogP contribution in [-0.2, 0) is 21.7 Å². The van der Waals surface area contributed by atoms with Crippen molar-refractivity contribution in [3.8, 4) is 0 Å². The van der Waals surface area contributed by atoms with Crippen LogP contribution >= 0.6 is 0 Å². The van der Waals surface area contributed by atoms with E-state index in [2.05, 4.69) is 13.8 Å². The number of hydrogen-bond donors (Lipinski definition) is 0. The molecule has 0 saturated heterocycles. The van der Waals surface area contributed by atoms with E-state index in [0.29, 0.717) is 0 Å². The van der Waals surface area contributed by atoms with Gasteiger partial charge in [0.1, 0.15) is 0 Å². The monoisotopic (exact) mass is 148 g/mol. The molecule has 0 rings (SSSR count). The number of rotatable bonds is 4. The second kappa shape index (κ2) is 10.7. The van der Waals surface area contributed by atoms with Gasteiger partial charge in [0.25, 0.3) is 0 Å². The van der Waals surface area contributed by atoms with Gasteiger partial charge in [-0.25, -0.2) is 0 Å². The fourth-order valence-corrected chi connectivity index (χ4v) is 0.677. The smallest absolute Gasteiger partial charge is 0.0654 e. The first kappa shape index (κ1) is 11.5. The Morgan fingerprint density at radius 2 is 1.12 bits per heavy atom. The number of unbranched alkanes of at least 4 members (excludes halogenated alkanes) is 4. The van der Waals surface area contributed by atoms with Crippen LogP contribution in [0.5, 0.6) is 0 Å². The van der Waals surface area contributed by atoms with E-state index in [9.17, 15) is 0 Å². The SMILES string of the molecule is CCCCCCC.[Ti+2]. The Hall–Kier alpha value is 0.714. The summed E-state index contributed by atoms with van der Waals surface area (Å²) in [5, 5.41) is 0. The van der Waals surface area contributed by atoms with E-state index in [0.717, 1.165) is 0 Å². The largest absolute Gasteiger partial charge is 2.00 e. The van der Waals surface area contributed by atoms with Crippen molar-refractivity contribution >= 4 is 0 Å². The molecule has 0 nitrogen and oxygen atoms in total. The first-order chi connectivity index (χ1) is 3.41. The molecule has 1 heteroatoms.